The lowest BCUT2D eigenvalue weighted by atomic mass is 9.94. The number of halogens is 3. The van der Waals surface area contributed by atoms with E-state index in [0.717, 1.165) is 60.4 Å². The van der Waals surface area contributed by atoms with Gasteiger partial charge in [0.2, 0.25) is 0 Å². The number of nitrogens with one attached hydrogen (secondary N) is 1. The first-order valence-electron chi connectivity index (χ1n) is 17.4. The van der Waals surface area contributed by atoms with Crippen LogP contribution in [0.3, 0.4) is 0 Å². The van der Waals surface area contributed by atoms with Crippen LogP contribution in [0.5, 0.6) is 11.5 Å². The van der Waals surface area contributed by atoms with Gasteiger partial charge in [-0.3, -0.25) is 9.59 Å². The van der Waals surface area contributed by atoms with Gasteiger partial charge in [0.05, 0.1) is 31.5 Å². The Kier molecular flexibility index (Phi) is 14.6. The number of alkyl halides is 3. The lowest BCUT2D eigenvalue weighted by molar-refractivity contribution is -0.137. The van der Waals surface area contributed by atoms with Crippen LogP contribution in [0.2, 0.25) is 0 Å². The summed E-state index contributed by atoms with van der Waals surface area (Å²) in [4.78, 5) is 28.4. The maximum absolute atomic E-state index is 13.1. The second-order valence-corrected chi connectivity index (χ2v) is 12.8. The number of ketones is 1. The molecule has 3 aromatic carbocycles. The van der Waals surface area contributed by atoms with Gasteiger partial charge < -0.3 is 24.4 Å². The molecule has 3 aromatic rings. The van der Waals surface area contributed by atoms with Gasteiger partial charge in [-0.05, 0) is 109 Å². The van der Waals surface area contributed by atoms with Crippen molar-refractivity contribution >= 4 is 24.3 Å². The normalized spacial score (nSPS) is 16.0. The Bertz CT molecular complexity index is 1650. The highest BCUT2D eigenvalue weighted by Gasteiger charge is 2.30. The van der Waals surface area contributed by atoms with Crippen molar-refractivity contribution < 1.29 is 37.0 Å². The van der Waals surface area contributed by atoms with Gasteiger partial charge in [0, 0.05) is 37.2 Å². The van der Waals surface area contributed by atoms with Crippen LogP contribution in [0.15, 0.2) is 60.7 Å². The van der Waals surface area contributed by atoms with E-state index in [2.05, 4.69) is 43.8 Å². The molecular weight excluding hydrogens is 645 g/mol. The number of nitrogens with zero attached hydrogens (tertiary/aromatic N) is 1. The molecule has 0 spiro atoms. The minimum atomic E-state index is -4.40. The lowest BCUT2D eigenvalue weighted by Crippen LogP contribution is -2.41. The van der Waals surface area contributed by atoms with Gasteiger partial charge in [-0.2, -0.15) is 13.2 Å². The molecule has 0 aromatic heterocycles. The Labute approximate surface area is 293 Å². The van der Waals surface area contributed by atoms with Gasteiger partial charge in [0.1, 0.15) is 11.5 Å². The summed E-state index contributed by atoms with van der Waals surface area (Å²) in [7, 11) is 2.09. The number of benzene rings is 3. The Morgan fingerprint density at radius 2 is 1.72 bits per heavy atom. The first-order chi connectivity index (χ1) is 24.0. The summed E-state index contributed by atoms with van der Waals surface area (Å²) in [5, 5.41) is 4.89. The third-order valence-corrected chi connectivity index (χ3v) is 8.90. The number of rotatable bonds is 17. The molecule has 270 valence electrons. The van der Waals surface area contributed by atoms with Gasteiger partial charge in [0.25, 0.3) is 5.91 Å². The highest BCUT2D eigenvalue weighted by atomic mass is 19.4. The van der Waals surface area contributed by atoms with Crippen molar-refractivity contribution in [2.75, 3.05) is 46.5 Å². The van der Waals surface area contributed by atoms with Gasteiger partial charge in [-0.15, -0.1) is 0 Å². The monoisotopic (exact) mass is 694 g/mol. The smallest absolute Gasteiger partial charge is 0.416 e. The number of hydrogen-bond donors (Lipinski definition) is 1. The zero-order valence-electron chi connectivity index (χ0n) is 29.3. The summed E-state index contributed by atoms with van der Waals surface area (Å²) < 4.78 is 55.2. The lowest BCUT2D eigenvalue weighted by Gasteiger charge is -2.23. The molecule has 2 atom stereocenters. The molecule has 1 aliphatic heterocycles. The van der Waals surface area contributed by atoms with Crippen LogP contribution in [-0.4, -0.2) is 69.2 Å². The van der Waals surface area contributed by atoms with E-state index in [1.807, 2.05) is 12.1 Å². The second kappa shape index (κ2) is 18.8. The van der Waals surface area contributed by atoms with Crippen molar-refractivity contribution in [3.8, 4) is 11.5 Å². The molecule has 1 unspecified atom stereocenters. The first kappa shape index (κ1) is 38.8. The maximum atomic E-state index is 13.1. The zero-order valence-corrected chi connectivity index (χ0v) is 29.3. The molecule has 1 aliphatic rings. The SMILES string of the molecule is C=c1ccc(C(=O)NC[C@H]2COCCO2)c(CC)/c1=C/CN(C)CC(CCC)CCCC(=O)c1ccc(Oc2ccc(C(F)(F)F)cc2)cc1. The highest BCUT2D eigenvalue weighted by Crippen LogP contribution is 2.31. The Morgan fingerprint density at radius 3 is 2.34 bits per heavy atom. The van der Waals surface area contributed by atoms with Crippen LogP contribution in [0.4, 0.5) is 13.2 Å². The van der Waals surface area contributed by atoms with Crippen LogP contribution in [-0.2, 0) is 22.1 Å². The number of hydrogen-bond acceptors (Lipinski definition) is 6. The predicted molar refractivity (Wildman–Crippen MR) is 190 cm³/mol. The van der Waals surface area contributed by atoms with E-state index >= 15 is 0 Å². The predicted octanol–water partition coefficient (Wildman–Crippen LogP) is 6.80. The molecule has 7 nitrogen and oxygen atoms in total. The number of carbonyl (C=O) groups excluding carboxylic acids is 2. The van der Waals surface area contributed by atoms with Crippen LogP contribution in [0, 0.1) is 5.92 Å². The van der Waals surface area contributed by atoms with Crippen molar-refractivity contribution in [3.63, 3.8) is 0 Å². The maximum Gasteiger partial charge on any atom is 0.416 e. The van der Waals surface area contributed by atoms with Crippen molar-refractivity contribution in [1.82, 2.24) is 10.2 Å². The molecule has 1 heterocycles. The summed E-state index contributed by atoms with van der Waals surface area (Å²) in [5.41, 5.74) is 1.47. The minimum Gasteiger partial charge on any atom is -0.457 e. The van der Waals surface area contributed by atoms with Crippen molar-refractivity contribution in [1.29, 1.82) is 0 Å². The molecule has 50 heavy (non-hydrogen) atoms. The van der Waals surface area contributed by atoms with Crippen molar-refractivity contribution in [2.45, 2.75) is 64.7 Å². The first-order valence-corrected chi connectivity index (χ1v) is 17.4. The molecule has 1 N–H and O–H groups in total. The molecule has 1 saturated heterocycles. The van der Waals surface area contributed by atoms with E-state index in [0.29, 0.717) is 68.5 Å². The van der Waals surface area contributed by atoms with Crippen LogP contribution in [0.1, 0.15) is 77.8 Å². The Balaban J connectivity index is 1.28. The van der Waals surface area contributed by atoms with Gasteiger partial charge in [-0.25, -0.2) is 0 Å². The summed E-state index contributed by atoms with van der Waals surface area (Å²) in [6, 6.07) is 14.9. The van der Waals surface area contributed by atoms with E-state index in [-0.39, 0.29) is 23.5 Å². The van der Waals surface area contributed by atoms with Gasteiger partial charge in [-0.1, -0.05) is 39.0 Å². The van der Waals surface area contributed by atoms with Crippen molar-refractivity contribution in [2.24, 2.45) is 5.92 Å². The molecular formula is C40H49F3N2O5. The number of amides is 1. The number of ether oxygens (including phenoxy) is 3. The fourth-order valence-electron chi connectivity index (χ4n) is 6.27. The van der Waals surface area contributed by atoms with E-state index in [9.17, 15) is 22.8 Å². The average Bonchev–Trinajstić information content (AvgIpc) is 3.10. The summed E-state index contributed by atoms with van der Waals surface area (Å²) in [6.07, 6.45) is 2.53. The fourth-order valence-corrected chi connectivity index (χ4v) is 6.27. The van der Waals surface area contributed by atoms with Crippen molar-refractivity contribution in [3.05, 3.63) is 93.4 Å². The number of Topliss-reactive ketones (excluding diaryl/α,β-unsaturated/α-hetero) is 1. The topological polar surface area (TPSA) is 77.1 Å². The summed E-state index contributed by atoms with van der Waals surface area (Å²) in [5.74, 6) is 1.07. The van der Waals surface area contributed by atoms with Gasteiger partial charge >= 0.3 is 6.18 Å². The molecule has 0 aliphatic carbocycles. The van der Waals surface area contributed by atoms with E-state index in [1.54, 1.807) is 24.3 Å². The quantitative estimate of drug-likeness (QED) is 0.157. The fraction of sp³-hybridized carbons (Fsp3) is 0.450. The minimum absolute atomic E-state index is 0.0432. The summed E-state index contributed by atoms with van der Waals surface area (Å²) in [6.45, 7) is 12.0. The Hall–Kier alpha value is -3.99. The molecule has 0 saturated carbocycles. The van der Waals surface area contributed by atoms with E-state index < -0.39 is 11.7 Å². The molecule has 1 fully saturated rings. The molecule has 0 bridgehead atoms. The van der Waals surface area contributed by atoms with Crippen LogP contribution >= 0.6 is 0 Å². The highest BCUT2D eigenvalue weighted by molar-refractivity contribution is 5.96. The third-order valence-electron chi connectivity index (χ3n) is 8.90. The zero-order chi connectivity index (χ0) is 36.1. The standard InChI is InChI=1S/C40H49F3N2O5/c1-5-8-29(9-7-10-38(46)30-12-16-32(17-13-30)50-33-18-14-31(15-19-33)40(41,42)43)26-45(4)22-21-36-28(3)11-20-37(35(36)6-2)39(47)44-25-34-27-48-23-24-49-34/h11-21,29,34H,3,5-10,22-27H2,1-2,4H3,(H,44,47)/b36-21+/t29?,34-/m0/s1. The van der Waals surface area contributed by atoms with Crippen LogP contribution in [0.25, 0.3) is 12.7 Å². The van der Waals surface area contributed by atoms with E-state index in [4.69, 9.17) is 14.2 Å². The molecule has 10 heteroatoms. The summed E-state index contributed by atoms with van der Waals surface area (Å²) >= 11 is 0. The van der Waals surface area contributed by atoms with Gasteiger partial charge in [0.15, 0.2) is 5.78 Å². The molecule has 1 amide bonds. The largest absolute Gasteiger partial charge is 0.457 e. The van der Waals surface area contributed by atoms with E-state index in [1.165, 1.54) is 12.1 Å². The Morgan fingerprint density at radius 1 is 1.02 bits per heavy atom. The molecule has 0 radical (unpaired) electrons. The van der Waals surface area contributed by atoms with Crippen LogP contribution < -0.4 is 20.5 Å². The number of carbonyl (C=O) groups is 2. The molecule has 4 rings (SSSR count). The second-order valence-electron chi connectivity index (χ2n) is 12.8. The average molecular weight is 695 g/mol. The third kappa shape index (κ3) is 11.5.